The van der Waals surface area contributed by atoms with Crippen LogP contribution in [0.3, 0.4) is 0 Å². The summed E-state index contributed by atoms with van der Waals surface area (Å²) in [6.07, 6.45) is 3.64. The second-order valence-corrected chi connectivity index (χ2v) is 11.2. The van der Waals surface area contributed by atoms with Crippen molar-refractivity contribution in [2.75, 3.05) is 0 Å². The molecular weight excluding hydrogens is 490 g/mol. The fourth-order valence-electron chi connectivity index (χ4n) is 3.61. The summed E-state index contributed by atoms with van der Waals surface area (Å²) < 4.78 is 34.0. The molecule has 0 aliphatic heterocycles. The Bertz CT molecular complexity index is 1420. The molecule has 0 bridgehead atoms. The Morgan fingerprint density at radius 1 is 1.14 bits per heavy atom. The van der Waals surface area contributed by atoms with E-state index in [1.54, 1.807) is 18.4 Å². The summed E-state index contributed by atoms with van der Waals surface area (Å²) in [7, 11) is -3.67. The SMILES string of the molecule is CCc1cc(Cn2c(CS(=O)(=O)[C@@H](C)[C@H](C)c3ncc(Cl)cn3)nnc2-c2cccc(C)n2)on1. The van der Waals surface area contributed by atoms with Crippen LogP contribution in [-0.4, -0.2) is 48.5 Å². The van der Waals surface area contributed by atoms with Crippen LogP contribution in [0.15, 0.2) is 41.2 Å². The zero-order valence-electron chi connectivity index (χ0n) is 19.9. The van der Waals surface area contributed by atoms with Gasteiger partial charge >= 0.3 is 0 Å². The minimum absolute atomic E-state index is 0.222. The maximum absolute atomic E-state index is 13.4. The van der Waals surface area contributed by atoms with Crippen molar-refractivity contribution in [2.45, 2.75) is 57.6 Å². The van der Waals surface area contributed by atoms with E-state index in [9.17, 15) is 8.42 Å². The summed E-state index contributed by atoms with van der Waals surface area (Å²) in [6, 6.07) is 7.40. The Hall–Kier alpha value is -3.18. The Balaban J connectivity index is 1.68. The Labute approximate surface area is 208 Å². The van der Waals surface area contributed by atoms with Crippen LogP contribution >= 0.6 is 11.6 Å². The van der Waals surface area contributed by atoms with E-state index in [4.69, 9.17) is 16.1 Å². The highest BCUT2D eigenvalue weighted by Crippen LogP contribution is 2.26. The van der Waals surface area contributed by atoms with Crippen molar-refractivity contribution in [3.05, 3.63) is 70.5 Å². The van der Waals surface area contributed by atoms with Gasteiger partial charge in [-0.15, -0.1) is 10.2 Å². The lowest BCUT2D eigenvalue weighted by Crippen LogP contribution is -2.27. The first kappa shape index (κ1) is 24.9. The fraction of sp³-hybridized carbons (Fsp3) is 0.391. The number of rotatable bonds is 9. The van der Waals surface area contributed by atoms with Crippen molar-refractivity contribution in [1.29, 1.82) is 0 Å². The minimum Gasteiger partial charge on any atom is -0.359 e. The van der Waals surface area contributed by atoms with Gasteiger partial charge in [0.15, 0.2) is 21.4 Å². The van der Waals surface area contributed by atoms with Crippen LogP contribution in [0.4, 0.5) is 0 Å². The largest absolute Gasteiger partial charge is 0.359 e. The van der Waals surface area contributed by atoms with Crippen molar-refractivity contribution in [3.8, 4) is 11.5 Å². The Morgan fingerprint density at radius 3 is 2.54 bits per heavy atom. The van der Waals surface area contributed by atoms with E-state index in [-0.39, 0.29) is 18.1 Å². The number of hydrogen-bond donors (Lipinski definition) is 0. The molecule has 0 aliphatic carbocycles. The van der Waals surface area contributed by atoms with Gasteiger partial charge in [-0.2, -0.15) is 0 Å². The second kappa shape index (κ2) is 10.2. The topological polar surface area (TPSA) is 130 Å². The number of aromatic nitrogens is 7. The third-order valence-electron chi connectivity index (χ3n) is 5.88. The molecule has 0 saturated heterocycles. The third-order valence-corrected chi connectivity index (χ3v) is 8.27. The number of aryl methyl sites for hydroxylation is 2. The van der Waals surface area contributed by atoms with Gasteiger partial charge in [0.2, 0.25) is 0 Å². The molecule has 0 spiro atoms. The zero-order chi connectivity index (χ0) is 25.2. The molecule has 4 aromatic heterocycles. The first-order chi connectivity index (χ1) is 16.7. The molecule has 0 N–H and O–H groups in total. The molecule has 2 atom stereocenters. The first-order valence-corrected chi connectivity index (χ1v) is 13.3. The van der Waals surface area contributed by atoms with Gasteiger partial charge in [0, 0.05) is 30.1 Å². The van der Waals surface area contributed by atoms with E-state index >= 15 is 0 Å². The van der Waals surface area contributed by atoms with Gasteiger partial charge in [-0.25, -0.2) is 23.4 Å². The molecule has 0 unspecified atom stereocenters. The molecule has 10 nitrogen and oxygen atoms in total. The standard InChI is InChI=1S/C23H26ClN7O3S/c1-5-18-9-19(34-30-18)12-31-21(28-29-23(31)20-8-6-7-14(2)27-20)13-35(32,33)16(4)15(3)22-25-10-17(24)11-26-22/h6-11,15-16H,5,12-13H2,1-4H3/t15-,16-/m0/s1. The van der Waals surface area contributed by atoms with Gasteiger partial charge in [0.25, 0.3) is 0 Å². The van der Waals surface area contributed by atoms with Crippen molar-refractivity contribution in [2.24, 2.45) is 0 Å². The molecule has 4 aromatic rings. The normalized spacial score (nSPS) is 13.6. The molecule has 0 fully saturated rings. The van der Waals surface area contributed by atoms with Crippen LogP contribution in [0.1, 0.15) is 55.5 Å². The van der Waals surface area contributed by atoms with Crippen molar-refractivity contribution in [1.82, 2.24) is 34.9 Å². The highest BCUT2D eigenvalue weighted by molar-refractivity contribution is 7.91. The molecule has 0 aliphatic rings. The molecule has 0 saturated carbocycles. The van der Waals surface area contributed by atoms with Gasteiger partial charge in [0.05, 0.1) is 22.5 Å². The highest BCUT2D eigenvalue weighted by atomic mass is 35.5. The zero-order valence-corrected chi connectivity index (χ0v) is 21.5. The van der Waals surface area contributed by atoms with Crippen molar-refractivity contribution in [3.63, 3.8) is 0 Å². The highest BCUT2D eigenvalue weighted by Gasteiger charge is 2.32. The molecule has 184 valence electrons. The molecule has 0 aromatic carbocycles. The number of sulfone groups is 1. The van der Waals surface area contributed by atoms with E-state index in [0.717, 1.165) is 17.8 Å². The molecule has 12 heteroatoms. The second-order valence-electron chi connectivity index (χ2n) is 8.39. The third kappa shape index (κ3) is 5.57. The molecule has 4 heterocycles. The number of pyridine rings is 1. The molecular formula is C23H26ClN7O3S. The molecule has 0 amide bonds. The lowest BCUT2D eigenvalue weighted by Gasteiger charge is -2.19. The predicted octanol–water partition coefficient (Wildman–Crippen LogP) is 3.80. The number of halogens is 1. The van der Waals surface area contributed by atoms with E-state index < -0.39 is 21.0 Å². The lowest BCUT2D eigenvalue weighted by atomic mass is 10.1. The fourth-order valence-corrected chi connectivity index (χ4v) is 5.29. The van der Waals surface area contributed by atoms with E-state index in [2.05, 4.69) is 30.3 Å². The van der Waals surface area contributed by atoms with Gasteiger partial charge in [-0.1, -0.05) is 36.7 Å². The van der Waals surface area contributed by atoms with Gasteiger partial charge in [-0.3, -0.25) is 0 Å². The average molecular weight is 516 g/mol. The van der Waals surface area contributed by atoms with Crippen LogP contribution in [0.5, 0.6) is 0 Å². The maximum Gasteiger partial charge on any atom is 0.183 e. The maximum atomic E-state index is 13.4. The quantitative estimate of drug-likeness (QED) is 0.326. The summed E-state index contributed by atoms with van der Waals surface area (Å²) in [4.78, 5) is 12.9. The van der Waals surface area contributed by atoms with Gasteiger partial charge in [-0.05, 0) is 32.4 Å². The average Bonchev–Trinajstić information content (AvgIpc) is 3.45. The van der Waals surface area contributed by atoms with Crippen LogP contribution in [0.2, 0.25) is 5.02 Å². The molecule has 35 heavy (non-hydrogen) atoms. The van der Waals surface area contributed by atoms with Crippen LogP contribution in [0.25, 0.3) is 11.5 Å². The van der Waals surface area contributed by atoms with Crippen LogP contribution in [-0.2, 0) is 28.6 Å². The van der Waals surface area contributed by atoms with Gasteiger partial charge in [0.1, 0.15) is 23.1 Å². The monoisotopic (exact) mass is 515 g/mol. The minimum atomic E-state index is -3.67. The van der Waals surface area contributed by atoms with Crippen molar-refractivity contribution < 1.29 is 12.9 Å². The Kier molecular flexibility index (Phi) is 7.27. The van der Waals surface area contributed by atoms with Crippen molar-refractivity contribution >= 4 is 21.4 Å². The number of nitrogens with zero attached hydrogens (tertiary/aromatic N) is 7. The van der Waals surface area contributed by atoms with Crippen LogP contribution in [0, 0.1) is 6.92 Å². The summed E-state index contributed by atoms with van der Waals surface area (Å²) in [6.45, 7) is 7.50. The van der Waals surface area contributed by atoms with Crippen LogP contribution < -0.4 is 0 Å². The summed E-state index contributed by atoms with van der Waals surface area (Å²) in [5.74, 6) is 0.951. The predicted molar refractivity (Wildman–Crippen MR) is 131 cm³/mol. The van der Waals surface area contributed by atoms with E-state index in [1.807, 2.05) is 38.1 Å². The van der Waals surface area contributed by atoms with E-state index in [0.29, 0.717) is 28.1 Å². The summed E-state index contributed by atoms with van der Waals surface area (Å²) in [5, 5.41) is 12.2. The smallest absolute Gasteiger partial charge is 0.183 e. The Morgan fingerprint density at radius 2 is 1.89 bits per heavy atom. The molecule has 0 radical (unpaired) electrons. The molecule has 4 rings (SSSR count). The first-order valence-electron chi connectivity index (χ1n) is 11.2. The number of hydrogen-bond acceptors (Lipinski definition) is 9. The summed E-state index contributed by atoms with van der Waals surface area (Å²) >= 11 is 5.87. The van der Waals surface area contributed by atoms with E-state index in [1.165, 1.54) is 12.4 Å². The van der Waals surface area contributed by atoms with Gasteiger partial charge < -0.3 is 9.09 Å². The lowest BCUT2D eigenvalue weighted by molar-refractivity contribution is 0.370. The summed E-state index contributed by atoms with van der Waals surface area (Å²) in [5.41, 5.74) is 2.21.